The number of thiophene rings is 1. The van der Waals surface area contributed by atoms with Gasteiger partial charge in [-0.25, -0.2) is 15.0 Å². The maximum Gasteiger partial charge on any atom is 0.160 e. The Balaban J connectivity index is 1.17. The van der Waals surface area contributed by atoms with Gasteiger partial charge in [-0.2, -0.15) is 0 Å². The minimum atomic E-state index is 0.674. The monoisotopic (exact) mass is 681 g/mol. The molecular formula is C47H27N3OS. The number of nitrogens with zero attached hydrogens (tertiary/aromatic N) is 3. The van der Waals surface area contributed by atoms with Crippen LogP contribution < -0.4 is 0 Å². The van der Waals surface area contributed by atoms with Crippen LogP contribution in [0.15, 0.2) is 168 Å². The smallest absolute Gasteiger partial charge is 0.160 e. The van der Waals surface area contributed by atoms with Crippen LogP contribution in [0.4, 0.5) is 0 Å². The van der Waals surface area contributed by atoms with E-state index in [0.29, 0.717) is 5.82 Å². The molecule has 11 aromatic rings. The van der Waals surface area contributed by atoms with E-state index in [4.69, 9.17) is 19.4 Å². The first-order valence-electron chi connectivity index (χ1n) is 17.4. The van der Waals surface area contributed by atoms with Gasteiger partial charge in [0.15, 0.2) is 5.82 Å². The van der Waals surface area contributed by atoms with E-state index in [9.17, 15) is 0 Å². The largest absolute Gasteiger partial charge is 0.455 e. The predicted octanol–water partition coefficient (Wildman–Crippen LogP) is 13.1. The van der Waals surface area contributed by atoms with Crippen molar-refractivity contribution in [3.63, 3.8) is 0 Å². The van der Waals surface area contributed by atoms with Gasteiger partial charge < -0.3 is 4.42 Å². The third-order valence-corrected chi connectivity index (χ3v) is 11.2. The molecule has 4 aromatic heterocycles. The zero-order valence-corrected chi connectivity index (χ0v) is 28.6. The Hall–Kier alpha value is -6.69. The maximum atomic E-state index is 7.05. The second-order valence-corrected chi connectivity index (χ2v) is 14.2. The van der Waals surface area contributed by atoms with Gasteiger partial charge in [-0.15, -0.1) is 11.3 Å². The van der Waals surface area contributed by atoms with E-state index < -0.39 is 0 Å². The molecule has 7 aromatic carbocycles. The van der Waals surface area contributed by atoms with Crippen LogP contribution in [0, 0.1) is 0 Å². The lowest BCUT2D eigenvalue weighted by molar-refractivity contribution is 0.674. The van der Waals surface area contributed by atoms with Crippen molar-refractivity contribution >= 4 is 75.1 Å². The summed E-state index contributed by atoms with van der Waals surface area (Å²) in [7, 11) is 0. The fourth-order valence-electron chi connectivity index (χ4n) is 7.64. The zero-order chi connectivity index (χ0) is 34.2. The number of para-hydroxylation sites is 2. The van der Waals surface area contributed by atoms with Gasteiger partial charge in [-0.3, -0.25) is 0 Å². The number of aromatic nitrogens is 3. The molecule has 0 aliphatic heterocycles. The molecule has 0 N–H and O–H groups in total. The van der Waals surface area contributed by atoms with E-state index in [1.807, 2.05) is 41.7 Å². The second kappa shape index (κ2) is 11.4. The molecule has 4 nitrogen and oxygen atoms in total. The fraction of sp³-hybridized carbons (Fsp3) is 0. The molecule has 4 heterocycles. The second-order valence-electron chi connectivity index (χ2n) is 13.1. The highest BCUT2D eigenvalue weighted by Gasteiger charge is 2.20. The van der Waals surface area contributed by atoms with Crippen LogP contribution in [-0.2, 0) is 0 Å². The van der Waals surface area contributed by atoms with E-state index in [0.717, 1.165) is 82.9 Å². The van der Waals surface area contributed by atoms with Crippen molar-refractivity contribution in [1.29, 1.82) is 0 Å². The molecular weight excluding hydrogens is 655 g/mol. The van der Waals surface area contributed by atoms with Crippen LogP contribution in [0.5, 0.6) is 0 Å². The molecule has 0 atom stereocenters. The predicted molar refractivity (Wildman–Crippen MR) is 217 cm³/mol. The molecule has 0 radical (unpaired) electrons. The first-order chi connectivity index (χ1) is 25.8. The minimum Gasteiger partial charge on any atom is -0.455 e. The Morgan fingerprint density at radius 3 is 1.92 bits per heavy atom. The molecule has 0 fully saturated rings. The molecule has 52 heavy (non-hydrogen) atoms. The van der Waals surface area contributed by atoms with Gasteiger partial charge >= 0.3 is 0 Å². The Labute approximate surface area is 302 Å². The van der Waals surface area contributed by atoms with Gasteiger partial charge in [0.2, 0.25) is 0 Å². The van der Waals surface area contributed by atoms with Crippen LogP contribution in [0.3, 0.4) is 0 Å². The lowest BCUT2D eigenvalue weighted by Crippen LogP contribution is -1.96. The number of hydrogen-bond acceptors (Lipinski definition) is 5. The first kappa shape index (κ1) is 29.1. The highest BCUT2D eigenvalue weighted by Crippen LogP contribution is 2.43. The van der Waals surface area contributed by atoms with Crippen molar-refractivity contribution in [2.75, 3.05) is 0 Å². The lowest BCUT2D eigenvalue weighted by Gasteiger charge is -2.10. The molecule has 0 spiro atoms. The van der Waals surface area contributed by atoms with Gasteiger partial charge in [-0.1, -0.05) is 127 Å². The average Bonchev–Trinajstić information content (AvgIpc) is 3.79. The summed E-state index contributed by atoms with van der Waals surface area (Å²) in [6.07, 6.45) is 0. The van der Waals surface area contributed by atoms with Crippen LogP contribution in [0.2, 0.25) is 0 Å². The summed E-state index contributed by atoms with van der Waals surface area (Å²) in [5, 5.41) is 7.84. The van der Waals surface area contributed by atoms with Gasteiger partial charge in [-0.05, 0) is 36.4 Å². The number of rotatable bonds is 4. The molecule has 11 rings (SSSR count). The van der Waals surface area contributed by atoms with Gasteiger partial charge in [0, 0.05) is 69.4 Å². The maximum absolute atomic E-state index is 7.05. The third-order valence-electron chi connectivity index (χ3n) is 10.1. The Bertz CT molecular complexity index is 3180. The molecule has 0 amide bonds. The molecule has 0 saturated heterocycles. The molecule has 0 bridgehead atoms. The standard InChI is InChI=1S/C47H27N3OS/c1-3-12-28(13-4-1)44-37-25-24-34-33-18-11-19-36(45(33)51-46(34)43(37)35-17-7-9-20-38(35)48-44)40-27-39(49-47(50-40)29-14-5-2-6-15-29)30-22-23-32-31-16-8-10-21-41(31)52-42(32)26-30/h1-27H. The summed E-state index contributed by atoms with van der Waals surface area (Å²) >= 11 is 1.81. The van der Waals surface area contributed by atoms with Gasteiger partial charge in [0.25, 0.3) is 0 Å². The molecule has 242 valence electrons. The van der Waals surface area contributed by atoms with Gasteiger partial charge in [0.05, 0.1) is 22.6 Å². The SMILES string of the molecule is c1ccc(-c2nc(-c3ccc4c(c3)sc3ccccc34)cc(-c3cccc4c3oc3c4ccc4c(-c5ccccc5)nc5ccccc5c43)n2)cc1. The number of furan rings is 1. The van der Waals surface area contributed by atoms with Crippen molar-refractivity contribution in [1.82, 2.24) is 15.0 Å². The van der Waals surface area contributed by atoms with Crippen LogP contribution in [0.25, 0.3) is 109 Å². The highest BCUT2D eigenvalue weighted by atomic mass is 32.1. The van der Waals surface area contributed by atoms with Crippen molar-refractivity contribution < 1.29 is 4.42 Å². The van der Waals surface area contributed by atoms with Crippen molar-refractivity contribution in [3.05, 3.63) is 164 Å². The van der Waals surface area contributed by atoms with E-state index in [2.05, 4.69) is 133 Å². The normalized spacial score (nSPS) is 11.8. The van der Waals surface area contributed by atoms with Crippen molar-refractivity contribution in [2.45, 2.75) is 0 Å². The molecule has 0 unspecified atom stereocenters. The van der Waals surface area contributed by atoms with E-state index in [-0.39, 0.29) is 0 Å². The molecule has 0 saturated carbocycles. The number of benzene rings is 7. The van der Waals surface area contributed by atoms with Gasteiger partial charge in [0.1, 0.15) is 11.2 Å². The third kappa shape index (κ3) is 4.50. The fourth-order valence-corrected chi connectivity index (χ4v) is 8.79. The summed E-state index contributed by atoms with van der Waals surface area (Å²) in [4.78, 5) is 15.5. The summed E-state index contributed by atoms with van der Waals surface area (Å²) < 4.78 is 9.57. The molecule has 5 heteroatoms. The zero-order valence-electron chi connectivity index (χ0n) is 27.7. The van der Waals surface area contributed by atoms with E-state index in [1.165, 1.54) is 20.2 Å². The van der Waals surface area contributed by atoms with Crippen LogP contribution in [-0.4, -0.2) is 15.0 Å². The summed E-state index contributed by atoms with van der Waals surface area (Å²) in [5.74, 6) is 0.674. The quantitative estimate of drug-likeness (QED) is 0.174. The van der Waals surface area contributed by atoms with E-state index in [1.54, 1.807) is 0 Å². The molecule has 0 aliphatic rings. The number of pyridine rings is 1. The topological polar surface area (TPSA) is 51.8 Å². The summed E-state index contributed by atoms with van der Waals surface area (Å²) in [6, 6.07) is 57.0. The van der Waals surface area contributed by atoms with Crippen LogP contribution >= 0.6 is 11.3 Å². The summed E-state index contributed by atoms with van der Waals surface area (Å²) in [6.45, 7) is 0. The Kier molecular flexibility index (Phi) is 6.39. The van der Waals surface area contributed by atoms with Crippen molar-refractivity contribution in [3.8, 4) is 45.2 Å². The summed E-state index contributed by atoms with van der Waals surface area (Å²) in [5.41, 5.74) is 9.22. The Morgan fingerprint density at radius 1 is 0.404 bits per heavy atom. The minimum absolute atomic E-state index is 0.674. The molecule has 0 aliphatic carbocycles. The van der Waals surface area contributed by atoms with E-state index >= 15 is 0 Å². The highest BCUT2D eigenvalue weighted by molar-refractivity contribution is 7.25. The first-order valence-corrected chi connectivity index (χ1v) is 18.2. The average molecular weight is 682 g/mol. The van der Waals surface area contributed by atoms with Crippen molar-refractivity contribution in [2.24, 2.45) is 0 Å². The van der Waals surface area contributed by atoms with Crippen LogP contribution in [0.1, 0.15) is 0 Å². The Morgan fingerprint density at radius 2 is 1.06 bits per heavy atom. The number of fused-ring (bicyclic) bond motifs is 10. The number of hydrogen-bond donors (Lipinski definition) is 0. The lowest BCUT2D eigenvalue weighted by atomic mass is 9.97.